The zero-order chi connectivity index (χ0) is 22.1. The standard InChI is InChI=1S/C21H24ClN3O4S/c1-3-19(21(27)23-2)24(12-15-4-8-17(22)9-5-15)20(26)14-30-13-16-6-10-18(11-7-16)25(28)29/h4-11,19H,3,12-14H2,1-2H3,(H,23,27)/t19-/m1/s1. The number of nitrogens with zero attached hydrogens (tertiary/aromatic N) is 2. The lowest BCUT2D eigenvalue weighted by Crippen LogP contribution is -2.48. The second-order valence-electron chi connectivity index (χ2n) is 6.60. The van der Waals surface area contributed by atoms with E-state index in [0.717, 1.165) is 11.1 Å². The molecule has 0 aliphatic rings. The van der Waals surface area contributed by atoms with Crippen molar-refractivity contribution in [3.63, 3.8) is 0 Å². The summed E-state index contributed by atoms with van der Waals surface area (Å²) in [6.45, 7) is 2.17. The van der Waals surface area contributed by atoms with Gasteiger partial charge in [-0.05, 0) is 29.7 Å². The van der Waals surface area contributed by atoms with Crippen LogP contribution in [-0.4, -0.2) is 40.5 Å². The molecule has 2 aromatic carbocycles. The van der Waals surface area contributed by atoms with E-state index in [1.807, 2.05) is 19.1 Å². The van der Waals surface area contributed by atoms with Gasteiger partial charge in [0.1, 0.15) is 6.04 Å². The fourth-order valence-electron chi connectivity index (χ4n) is 2.93. The molecule has 2 aromatic rings. The van der Waals surface area contributed by atoms with Crippen LogP contribution >= 0.6 is 23.4 Å². The van der Waals surface area contributed by atoms with Crippen molar-refractivity contribution < 1.29 is 14.5 Å². The summed E-state index contributed by atoms with van der Waals surface area (Å²) in [6, 6.07) is 12.9. The molecule has 0 aromatic heterocycles. The van der Waals surface area contributed by atoms with Gasteiger partial charge in [0, 0.05) is 36.5 Å². The molecule has 2 rings (SSSR count). The van der Waals surface area contributed by atoms with Gasteiger partial charge in [0.15, 0.2) is 0 Å². The van der Waals surface area contributed by atoms with E-state index in [-0.39, 0.29) is 23.3 Å². The second-order valence-corrected chi connectivity index (χ2v) is 8.02. The third-order valence-electron chi connectivity index (χ3n) is 4.54. The molecular weight excluding hydrogens is 426 g/mol. The third kappa shape index (κ3) is 6.74. The zero-order valence-electron chi connectivity index (χ0n) is 16.8. The molecule has 0 saturated carbocycles. The summed E-state index contributed by atoms with van der Waals surface area (Å²) in [5.74, 6) is 0.375. The largest absolute Gasteiger partial charge is 0.357 e. The Balaban J connectivity index is 2.06. The lowest BCUT2D eigenvalue weighted by molar-refractivity contribution is -0.384. The van der Waals surface area contributed by atoms with Crippen molar-refractivity contribution in [3.05, 3.63) is 74.8 Å². The number of halogens is 1. The average molecular weight is 450 g/mol. The number of amides is 2. The molecule has 0 saturated heterocycles. The molecule has 0 heterocycles. The molecule has 0 spiro atoms. The van der Waals surface area contributed by atoms with Crippen LogP contribution in [0.2, 0.25) is 5.02 Å². The molecule has 0 aliphatic heterocycles. The van der Waals surface area contributed by atoms with Crippen molar-refractivity contribution in [3.8, 4) is 0 Å². The average Bonchev–Trinajstić information content (AvgIpc) is 2.75. The maximum absolute atomic E-state index is 13.0. The van der Waals surface area contributed by atoms with E-state index in [0.29, 0.717) is 23.7 Å². The highest BCUT2D eigenvalue weighted by molar-refractivity contribution is 7.99. The molecule has 0 unspecified atom stereocenters. The van der Waals surface area contributed by atoms with Crippen molar-refractivity contribution in [2.24, 2.45) is 0 Å². The topological polar surface area (TPSA) is 92.6 Å². The number of nitro groups is 1. The Bertz CT molecular complexity index is 875. The molecule has 30 heavy (non-hydrogen) atoms. The molecule has 1 atom stereocenters. The van der Waals surface area contributed by atoms with Crippen LogP contribution in [0.1, 0.15) is 24.5 Å². The van der Waals surface area contributed by atoms with Crippen LogP contribution in [-0.2, 0) is 21.9 Å². The van der Waals surface area contributed by atoms with Gasteiger partial charge in [0.2, 0.25) is 11.8 Å². The van der Waals surface area contributed by atoms with Crippen LogP contribution in [0, 0.1) is 10.1 Å². The van der Waals surface area contributed by atoms with Gasteiger partial charge < -0.3 is 10.2 Å². The smallest absolute Gasteiger partial charge is 0.269 e. The second kappa shape index (κ2) is 11.6. The van der Waals surface area contributed by atoms with Crippen LogP contribution in [0.15, 0.2) is 48.5 Å². The fraction of sp³-hybridized carbons (Fsp3) is 0.333. The van der Waals surface area contributed by atoms with Gasteiger partial charge in [0.25, 0.3) is 5.69 Å². The number of carbonyl (C=O) groups excluding carboxylic acids is 2. The lowest BCUT2D eigenvalue weighted by Gasteiger charge is -2.30. The van der Waals surface area contributed by atoms with Crippen molar-refractivity contribution >= 4 is 40.9 Å². The number of hydrogen-bond acceptors (Lipinski definition) is 5. The molecule has 9 heteroatoms. The molecule has 160 valence electrons. The first kappa shape index (κ1) is 23.7. The van der Waals surface area contributed by atoms with Gasteiger partial charge in [-0.2, -0.15) is 0 Å². The minimum absolute atomic E-state index is 0.0327. The molecule has 1 N–H and O–H groups in total. The first-order valence-corrected chi connectivity index (χ1v) is 11.0. The van der Waals surface area contributed by atoms with E-state index in [4.69, 9.17) is 11.6 Å². The van der Waals surface area contributed by atoms with Gasteiger partial charge in [0.05, 0.1) is 10.7 Å². The number of benzene rings is 2. The highest BCUT2D eigenvalue weighted by atomic mass is 35.5. The van der Waals surface area contributed by atoms with Gasteiger partial charge in [-0.3, -0.25) is 19.7 Å². The Labute approximate surface area is 184 Å². The van der Waals surface area contributed by atoms with E-state index < -0.39 is 11.0 Å². The SMILES string of the molecule is CC[C@H](C(=O)NC)N(Cc1ccc(Cl)cc1)C(=O)CSCc1ccc([N+](=O)[O-])cc1. The maximum atomic E-state index is 13.0. The number of carbonyl (C=O) groups is 2. The molecular formula is C21H24ClN3O4S. The molecule has 0 fully saturated rings. The van der Waals surface area contributed by atoms with Gasteiger partial charge in [-0.15, -0.1) is 11.8 Å². The van der Waals surface area contributed by atoms with Gasteiger partial charge in [-0.1, -0.05) is 42.8 Å². The predicted molar refractivity (Wildman–Crippen MR) is 119 cm³/mol. The lowest BCUT2D eigenvalue weighted by atomic mass is 10.1. The highest BCUT2D eigenvalue weighted by Crippen LogP contribution is 2.20. The number of thioether (sulfide) groups is 1. The van der Waals surface area contributed by atoms with E-state index in [1.165, 1.54) is 23.9 Å². The maximum Gasteiger partial charge on any atom is 0.269 e. The summed E-state index contributed by atoms with van der Waals surface area (Å²) in [4.78, 5) is 37.2. The van der Waals surface area contributed by atoms with E-state index in [1.54, 1.807) is 36.2 Å². The fourth-order valence-corrected chi connectivity index (χ4v) is 3.92. The Morgan fingerprint density at radius 2 is 1.73 bits per heavy atom. The molecule has 2 amide bonds. The van der Waals surface area contributed by atoms with Crippen LogP contribution in [0.4, 0.5) is 5.69 Å². The van der Waals surface area contributed by atoms with Crippen LogP contribution < -0.4 is 5.32 Å². The quantitative estimate of drug-likeness (QED) is 0.436. The number of rotatable bonds is 10. The van der Waals surface area contributed by atoms with Crippen LogP contribution in [0.3, 0.4) is 0 Å². The Morgan fingerprint density at radius 3 is 2.27 bits per heavy atom. The summed E-state index contributed by atoms with van der Waals surface area (Å²) in [7, 11) is 1.55. The molecule has 0 radical (unpaired) electrons. The van der Waals surface area contributed by atoms with Gasteiger partial charge >= 0.3 is 0 Å². The summed E-state index contributed by atoms with van der Waals surface area (Å²) in [5, 5.41) is 14.0. The molecule has 7 nitrogen and oxygen atoms in total. The highest BCUT2D eigenvalue weighted by Gasteiger charge is 2.27. The Morgan fingerprint density at radius 1 is 1.13 bits per heavy atom. The van der Waals surface area contributed by atoms with Crippen molar-refractivity contribution in [1.29, 1.82) is 0 Å². The number of non-ortho nitro benzene ring substituents is 1. The van der Waals surface area contributed by atoms with E-state index >= 15 is 0 Å². The first-order valence-electron chi connectivity index (χ1n) is 9.42. The summed E-state index contributed by atoms with van der Waals surface area (Å²) < 4.78 is 0. The number of likely N-dealkylation sites (N-methyl/N-ethyl adjacent to an activating group) is 1. The van der Waals surface area contributed by atoms with Crippen molar-refractivity contribution in [2.75, 3.05) is 12.8 Å². The summed E-state index contributed by atoms with van der Waals surface area (Å²) >= 11 is 7.35. The minimum atomic E-state index is -0.571. The van der Waals surface area contributed by atoms with Crippen molar-refractivity contribution in [1.82, 2.24) is 10.2 Å². The zero-order valence-corrected chi connectivity index (χ0v) is 18.4. The van der Waals surface area contributed by atoms with Crippen LogP contribution in [0.25, 0.3) is 0 Å². The first-order chi connectivity index (χ1) is 14.3. The number of nitro benzene ring substituents is 1. The monoisotopic (exact) mass is 449 g/mol. The van der Waals surface area contributed by atoms with Gasteiger partial charge in [-0.25, -0.2) is 0 Å². The van der Waals surface area contributed by atoms with E-state index in [2.05, 4.69) is 5.32 Å². The number of hydrogen-bond donors (Lipinski definition) is 1. The number of nitrogens with one attached hydrogen (secondary N) is 1. The summed E-state index contributed by atoms with van der Waals surface area (Å²) in [6.07, 6.45) is 0.492. The van der Waals surface area contributed by atoms with E-state index in [9.17, 15) is 19.7 Å². The summed E-state index contributed by atoms with van der Waals surface area (Å²) in [5.41, 5.74) is 1.81. The third-order valence-corrected chi connectivity index (χ3v) is 5.78. The molecule has 0 aliphatic carbocycles. The molecule has 0 bridgehead atoms. The normalized spacial score (nSPS) is 11.6. The predicted octanol–water partition coefficient (Wildman–Crippen LogP) is 4.03. The van der Waals surface area contributed by atoms with Crippen molar-refractivity contribution in [2.45, 2.75) is 31.7 Å². The Hall–Kier alpha value is -2.58. The van der Waals surface area contributed by atoms with Crippen LogP contribution in [0.5, 0.6) is 0 Å². The minimum Gasteiger partial charge on any atom is -0.357 e. The Kier molecular flexibility index (Phi) is 9.14.